The maximum absolute atomic E-state index is 9.05. The van der Waals surface area contributed by atoms with Crippen LogP contribution in [0.1, 0.15) is 0 Å². The Morgan fingerprint density at radius 3 is 2.85 bits per heavy atom. The molecule has 0 saturated carbocycles. The van der Waals surface area contributed by atoms with Crippen molar-refractivity contribution in [2.45, 2.75) is 0 Å². The van der Waals surface area contributed by atoms with Gasteiger partial charge in [-0.2, -0.15) is 5.10 Å². The van der Waals surface area contributed by atoms with Gasteiger partial charge in [-0.3, -0.25) is 4.68 Å². The summed E-state index contributed by atoms with van der Waals surface area (Å²) < 4.78 is 1.65. The Balaban J connectivity index is 2.75. The number of rotatable bonds is 1. The Morgan fingerprint density at radius 2 is 2.15 bits per heavy atom. The van der Waals surface area contributed by atoms with Crippen molar-refractivity contribution in [2.24, 2.45) is 7.05 Å². The van der Waals surface area contributed by atoms with Gasteiger partial charge in [0.25, 0.3) is 0 Å². The van der Waals surface area contributed by atoms with E-state index in [1.54, 1.807) is 30.1 Å². The number of hydrogen-bond donors (Lipinski definition) is 2. The third-order valence-electron chi connectivity index (χ3n) is 1.98. The van der Waals surface area contributed by atoms with Gasteiger partial charge in [0.2, 0.25) is 0 Å². The van der Waals surface area contributed by atoms with Crippen molar-refractivity contribution in [1.82, 2.24) is 9.78 Å². The second-order valence-electron chi connectivity index (χ2n) is 2.96. The van der Waals surface area contributed by atoms with Crippen LogP contribution >= 0.6 is 0 Å². The lowest BCUT2D eigenvalue weighted by Crippen LogP contribution is -2.30. The molecule has 0 bridgehead atoms. The first-order valence-electron chi connectivity index (χ1n) is 3.97. The smallest absolute Gasteiger partial charge is 0.423 e. The van der Waals surface area contributed by atoms with E-state index in [0.29, 0.717) is 5.46 Å². The number of aryl methyl sites for hydroxylation is 1. The number of benzene rings is 1. The highest BCUT2D eigenvalue weighted by Crippen LogP contribution is 2.08. The highest BCUT2D eigenvalue weighted by atomic mass is 16.4. The largest absolute Gasteiger partial charge is 0.489 e. The average Bonchev–Trinajstić information content (AvgIpc) is 2.43. The Bertz CT molecular complexity index is 439. The Kier molecular flexibility index (Phi) is 1.83. The molecule has 2 aromatic rings. The van der Waals surface area contributed by atoms with Gasteiger partial charge in [0.15, 0.2) is 0 Å². The monoisotopic (exact) mass is 176 g/mol. The van der Waals surface area contributed by atoms with E-state index >= 15 is 0 Å². The van der Waals surface area contributed by atoms with Gasteiger partial charge < -0.3 is 10.0 Å². The van der Waals surface area contributed by atoms with E-state index in [1.165, 1.54) is 0 Å². The van der Waals surface area contributed by atoms with Crippen LogP contribution in [0.5, 0.6) is 0 Å². The van der Waals surface area contributed by atoms with Gasteiger partial charge in [-0.1, -0.05) is 12.1 Å². The van der Waals surface area contributed by atoms with Crippen LogP contribution in [0.3, 0.4) is 0 Å². The molecule has 2 N–H and O–H groups in total. The summed E-state index contributed by atoms with van der Waals surface area (Å²) in [6.07, 6.45) is 1.77. The zero-order chi connectivity index (χ0) is 9.42. The summed E-state index contributed by atoms with van der Waals surface area (Å²) in [6.45, 7) is 0. The first-order valence-corrected chi connectivity index (χ1v) is 3.97. The van der Waals surface area contributed by atoms with Crippen molar-refractivity contribution in [1.29, 1.82) is 0 Å². The molecule has 0 spiro atoms. The van der Waals surface area contributed by atoms with Crippen LogP contribution in [0.4, 0.5) is 0 Å². The molecule has 13 heavy (non-hydrogen) atoms. The van der Waals surface area contributed by atoms with Crippen molar-refractivity contribution in [2.75, 3.05) is 0 Å². The van der Waals surface area contributed by atoms with E-state index in [-0.39, 0.29) is 0 Å². The van der Waals surface area contributed by atoms with Crippen molar-refractivity contribution in [3.05, 3.63) is 24.4 Å². The SMILES string of the molecule is Cn1cc2c(B(O)O)cccc2n1. The van der Waals surface area contributed by atoms with E-state index in [4.69, 9.17) is 10.0 Å². The molecule has 0 atom stereocenters. The molecular weight excluding hydrogens is 167 g/mol. The first kappa shape index (κ1) is 8.28. The summed E-state index contributed by atoms with van der Waals surface area (Å²) in [7, 11) is 0.362. The summed E-state index contributed by atoms with van der Waals surface area (Å²) in [6, 6.07) is 5.26. The Morgan fingerprint density at radius 1 is 1.38 bits per heavy atom. The molecule has 5 heteroatoms. The molecule has 2 rings (SSSR count). The third-order valence-corrected chi connectivity index (χ3v) is 1.98. The number of fused-ring (bicyclic) bond motifs is 1. The fourth-order valence-electron chi connectivity index (χ4n) is 1.41. The molecule has 1 heterocycles. The number of aromatic nitrogens is 2. The number of hydrogen-bond acceptors (Lipinski definition) is 3. The van der Waals surface area contributed by atoms with Gasteiger partial charge in [-0.05, 0) is 11.5 Å². The Hall–Kier alpha value is -1.33. The van der Waals surface area contributed by atoms with Crippen molar-refractivity contribution < 1.29 is 10.0 Å². The zero-order valence-corrected chi connectivity index (χ0v) is 7.18. The second kappa shape index (κ2) is 2.87. The van der Waals surface area contributed by atoms with Crippen LogP contribution in [-0.2, 0) is 7.05 Å². The molecule has 0 aliphatic heterocycles. The van der Waals surface area contributed by atoms with Crippen LogP contribution in [0.2, 0.25) is 0 Å². The van der Waals surface area contributed by atoms with Crippen molar-refractivity contribution >= 4 is 23.5 Å². The van der Waals surface area contributed by atoms with Crippen LogP contribution in [0, 0.1) is 0 Å². The lowest BCUT2D eigenvalue weighted by molar-refractivity contribution is 0.426. The zero-order valence-electron chi connectivity index (χ0n) is 7.18. The molecule has 0 aliphatic carbocycles. The van der Waals surface area contributed by atoms with Crippen LogP contribution in [-0.4, -0.2) is 26.9 Å². The molecule has 0 fully saturated rings. The van der Waals surface area contributed by atoms with Crippen LogP contribution in [0.15, 0.2) is 24.4 Å². The van der Waals surface area contributed by atoms with E-state index in [0.717, 1.165) is 10.9 Å². The third kappa shape index (κ3) is 1.32. The molecule has 1 aromatic heterocycles. The van der Waals surface area contributed by atoms with Crippen LogP contribution in [0.25, 0.3) is 10.9 Å². The molecule has 1 aromatic carbocycles. The molecule has 0 amide bonds. The van der Waals surface area contributed by atoms with Crippen molar-refractivity contribution in [3.63, 3.8) is 0 Å². The fraction of sp³-hybridized carbons (Fsp3) is 0.125. The van der Waals surface area contributed by atoms with Crippen molar-refractivity contribution in [3.8, 4) is 0 Å². The van der Waals surface area contributed by atoms with Gasteiger partial charge in [0.05, 0.1) is 5.52 Å². The summed E-state index contributed by atoms with van der Waals surface area (Å²) in [5.41, 5.74) is 1.26. The van der Waals surface area contributed by atoms with E-state index in [2.05, 4.69) is 5.10 Å². The second-order valence-corrected chi connectivity index (χ2v) is 2.96. The molecular formula is C8H9BN2O2. The molecule has 4 nitrogen and oxygen atoms in total. The standard InChI is InChI=1S/C8H9BN2O2/c1-11-5-6-7(9(12)13)3-2-4-8(6)10-11/h2-5,12-13H,1H3. The molecule has 66 valence electrons. The first-order chi connectivity index (χ1) is 6.18. The van der Waals surface area contributed by atoms with Gasteiger partial charge in [0, 0.05) is 18.6 Å². The fourth-order valence-corrected chi connectivity index (χ4v) is 1.41. The Labute approximate surface area is 75.6 Å². The molecule has 0 aliphatic rings. The van der Waals surface area contributed by atoms with Gasteiger partial charge in [0.1, 0.15) is 0 Å². The minimum absolute atomic E-state index is 0.491. The highest BCUT2D eigenvalue weighted by molar-refractivity contribution is 6.61. The minimum Gasteiger partial charge on any atom is -0.423 e. The molecule has 0 unspecified atom stereocenters. The topological polar surface area (TPSA) is 58.3 Å². The maximum atomic E-state index is 9.05. The average molecular weight is 176 g/mol. The summed E-state index contributed by atoms with van der Waals surface area (Å²) in [4.78, 5) is 0. The van der Waals surface area contributed by atoms with E-state index in [9.17, 15) is 0 Å². The minimum atomic E-state index is -1.44. The number of nitrogens with zero attached hydrogens (tertiary/aromatic N) is 2. The lowest BCUT2D eigenvalue weighted by Gasteiger charge is -1.98. The summed E-state index contributed by atoms with van der Waals surface area (Å²) >= 11 is 0. The summed E-state index contributed by atoms with van der Waals surface area (Å²) in [5, 5.41) is 23.0. The predicted octanol–water partition coefficient (Wildman–Crippen LogP) is -0.747. The van der Waals surface area contributed by atoms with Gasteiger partial charge in [-0.25, -0.2) is 0 Å². The van der Waals surface area contributed by atoms with Gasteiger partial charge >= 0.3 is 7.12 Å². The summed E-state index contributed by atoms with van der Waals surface area (Å²) in [5.74, 6) is 0. The maximum Gasteiger partial charge on any atom is 0.489 e. The normalized spacial score (nSPS) is 10.7. The van der Waals surface area contributed by atoms with Gasteiger partial charge in [-0.15, -0.1) is 0 Å². The quantitative estimate of drug-likeness (QED) is 0.562. The lowest BCUT2D eigenvalue weighted by atomic mass is 9.78. The molecule has 0 radical (unpaired) electrons. The van der Waals surface area contributed by atoms with E-state index < -0.39 is 7.12 Å². The molecule has 0 saturated heterocycles. The highest BCUT2D eigenvalue weighted by Gasteiger charge is 2.15. The van der Waals surface area contributed by atoms with Crippen LogP contribution < -0.4 is 5.46 Å². The van der Waals surface area contributed by atoms with E-state index in [1.807, 2.05) is 6.07 Å². The predicted molar refractivity (Wildman–Crippen MR) is 50.5 cm³/mol.